The maximum Gasteiger partial charge on any atom is 0.247 e. The van der Waals surface area contributed by atoms with E-state index < -0.39 is 5.82 Å². The van der Waals surface area contributed by atoms with Gasteiger partial charge in [0.1, 0.15) is 17.1 Å². The van der Waals surface area contributed by atoms with Crippen LogP contribution < -0.4 is 4.74 Å². The standard InChI is InChI=1S/C14H11FN2O2/c1-9-2-4-11(5-3-9)18-8-13-17-12-6-10(15)7-16-14(12)19-13/h2-7H,8H2,1H3. The van der Waals surface area contributed by atoms with Crippen molar-refractivity contribution in [2.45, 2.75) is 13.5 Å². The fourth-order valence-corrected chi connectivity index (χ4v) is 1.68. The molecule has 0 radical (unpaired) electrons. The fourth-order valence-electron chi connectivity index (χ4n) is 1.68. The lowest BCUT2D eigenvalue weighted by atomic mass is 10.2. The molecule has 96 valence electrons. The SMILES string of the molecule is Cc1ccc(OCc2nc3cc(F)cnc3o2)cc1. The normalized spacial score (nSPS) is 10.8. The van der Waals surface area contributed by atoms with Gasteiger partial charge in [-0.1, -0.05) is 17.7 Å². The van der Waals surface area contributed by atoms with Crippen molar-refractivity contribution in [3.63, 3.8) is 0 Å². The van der Waals surface area contributed by atoms with Crippen molar-refractivity contribution in [2.24, 2.45) is 0 Å². The second-order valence-corrected chi connectivity index (χ2v) is 4.19. The Balaban J connectivity index is 1.76. The number of oxazole rings is 1. The van der Waals surface area contributed by atoms with E-state index in [1.165, 1.54) is 6.07 Å². The summed E-state index contributed by atoms with van der Waals surface area (Å²) in [5.41, 5.74) is 1.86. The quantitative estimate of drug-likeness (QED) is 0.723. The average molecular weight is 258 g/mol. The van der Waals surface area contributed by atoms with E-state index in [-0.39, 0.29) is 6.61 Å². The van der Waals surface area contributed by atoms with Crippen molar-refractivity contribution in [3.05, 3.63) is 53.8 Å². The predicted molar refractivity (Wildman–Crippen MR) is 67.3 cm³/mol. The first-order valence-corrected chi connectivity index (χ1v) is 5.81. The van der Waals surface area contributed by atoms with Gasteiger partial charge in [-0.2, -0.15) is 0 Å². The summed E-state index contributed by atoms with van der Waals surface area (Å²) in [4.78, 5) is 7.92. The van der Waals surface area contributed by atoms with Crippen LogP contribution in [0.3, 0.4) is 0 Å². The molecule has 5 heteroatoms. The molecule has 0 N–H and O–H groups in total. The zero-order chi connectivity index (χ0) is 13.2. The zero-order valence-corrected chi connectivity index (χ0v) is 10.3. The first kappa shape index (κ1) is 11.6. The first-order valence-electron chi connectivity index (χ1n) is 5.81. The Hall–Kier alpha value is -2.43. The van der Waals surface area contributed by atoms with Gasteiger partial charge in [-0.3, -0.25) is 0 Å². The molecule has 4 nitrogen and oxygen atoms in total. The molecule has 0 aliphatic carbocycles. The second kappa shape index (κ2) is 4.68. The molecule has 0 amide bonds. The number of ether oxygens (including phenoxy) is 1. The molecular formula is C14H11FN2O2. The summed E-state index contributed by atoms with van der Waals surface area (Å²) in [7, 11) is 0. The number of fused-ring (bicyclic) bond motifs is 1. The number of halogens is 1. The monoisotopic (exact) mass is 258 g/mol. The number of pyridine rings is 1. The van der Waals surface area contributed by atoms with Crippen LogP contribution in [-0.2, 0) is 6.61 Å². The van der Waals surface area contributed by atoms with Gasteiger partial charge < -0.3 is 9.15 Å². The van der Waals surface area contributed by atoms with Crippen LogP contribution in [0.4, 0.5) is 4.39 Å². The number of rotatable bonds is 3. The molecule has 3 rings (SSSR count). The molecule has 0 saturated heterocycles. The minimum atomic E-state index is -0.438. The summed E-state index contributed by atoms with van der Waals surface area (Å²) < 4.78 is 23.8. The number of aryl methyl sites for hydroxylation is 1. The number of hydrogen-bond donors (Lipinski definition) is 0. The van der Waals surface area contributed by atoms with Crippen LogP contribution in [0.1, 0.15) is 11.5 Å². The Labute approximate surface area is 108 Å². The highest BCUT2D eigenvalue weighted by Gasteiger charge is 2.08. The Morgan fingerprint density at radius 1 is 1.26 bits per heavy atom. The maximum atomic E-state index is 13.0. The van der Waals surface area contributed by atoms with Gasteiger partial charge in [-0.15, -0.1) is 0 Å². The molecule has 2 aromatic heterocycles. The lowest BCUT2D eigenvalue weighted by molar-refractivity contribution is 0.266. The Morgan fingerprint density at radius 3 is 2.84 bits per heavy atom. The van der Waals surface area contributed by atoms with E-state index in [0.29, 0.717) is 17.1 Å². The summed E-state index contributed by atoms with van der Waals surface area (Å²) >= 11 is 0. The Kier molecular flexibility index (Phi) is 2.87. The molecule has 0 unspecified atom stereocenters. The highest BCUT2D eigenvalue weighted by molar-refractivity contribution is 5.67. The maximum absolute atomic E-state index is 13.0. The number of aromatic nitrogens is 2. The third kappa shape index (κ3) is 2.54. The predicted octanol–water partition coefficient (Wildman–Crippen LogP) is 3.25. The van der Waals surface area contributed by atoms with Crippen molar-refractivity contribution in [2.75, 3.05) is 0 Å². The Morgan fingerprint density at radius 2 is 2.05 bits per heavy atom. The smallest absolute Gasteiger partial charge is 0.247 e. The van der Waals surface area contributed by atoms with Crippen LogP contribution in [0.5, 0.6) is 5.75 Å². The molecule has 3 aromatic rings. The minimum absolute atomic E-state index is 0.182. The molecular weight excluding hydrogens is 247 g/mol. The van der Waals surface area contributed by atoms with Crippen LogP contribution in [-0.4, -0.2) is 9.97 Å². The molecule has 19 heavy (non-hydrogen) atoms. The van der Waals surface area contributed by atoms with Crippen LogP contribution in [0.2, 0.25) is 0 Å². The lowest BCUT2D eigenvalue weighted by Gasteiger charge is -2.02. The highest BCUT2D eigenvalue weighted by atomic mass is 19.1. The molecule has 0 fully saturated rings. The van der Waals surface area contributed by atoms with Gasteiger partial charge in [-0.05, 0) is 19.1 Å². The molecule has 0 aliphatic heterocycles. The number of nitrogens with zero attached hydrogens (tertiary/aromatic N) is 2. The van der Waals surface area contributed by atoms with Crippen molar-refractivity contribution in [3.8, 4) is 5.75 Å². The highest BCUT2D eigenvalue weighted by Crippen LogP contribution is 2.17. The topological polar surface area (TPSA) is 48.2 Å². The Bertz CT molecular complexity index is 707. The summed E-state index contributed by atoms with van der Waals surface area (Å²) in [5.74, 6) is 0.660. The summed E-state index contributed by atoms with van der Waals surface area (Å²) in [6, 6.07) is 8.93. The van der Waals surface area contributed by atoms with E-state index in [0.717, 1.165) is 17.5 Å². The second-order valence-electron chi connectivity index (χ2n) is 4.19. The van der Waals surface area contributed by atoms with Crippen molar-refractivity contribution in [1.82, 2.24) is 9.97 Å². The van der Waals surface area contributed by atoms with E-state index in [9.17, 15) is 4.39 Å². The van der Waals surface area contributed by atoms with Gasteiger partial charge in [0.15, 0.2) is 6.61 Å². The first-order chi connectivity index (χ1) is 9.20. The van der Waals surface area contributed by atoms with E-state index in [2.05, 4.69) is 9.97 Å². The molecule has 0 spiro atoms. The molecule has 0 saturated carbocycles. The van der Waals surface area contributed by atoms with Gasteiger partial charge in [0.2, 0.25) is 11.6 Å². The summed E-state index contributed by atoms with van der Waals surface area (Å²) in [5, 5.41) is 0. The van der Waals surface area contributed by atoms with Crippen LogP contribution in [0.15, 0.2) is 40.9 Å². The average Bonchev–Trinajstić information content (AvgIpc) is 2.80. The van der Waals surface area contributed by atoms with Gasteiger partial charge in [0.25, 0.3) is 0 Å². The number of benzene rings is 1. The van der Waals surface area contributed by atoms with Crippen LogP contribution in [0, 0.1) is 12.7 Å². The van der Waals surface area contributed by atoms with Gasteiger partial charge in [0.05, 0.1) is 6.20 Å². The van der Waals surface area contributed by atoms with E-state index >= 15 is 0 Å². The zero-order valence-electron chi connectivity index (χ0n) is 10.3. The van der Waals surface area contributed by atoms with Crippen molar-refractivity contribution < 1.29 is 13.5 Å². The van der Waals surface area contributed by atoms with Crippen molar-refractivity contribution in [1.29, 1.82) is 0 Å². The number of hydrogen-bond acceptors (Lipinski definition) is 4. The third-order valence-corrected chi connectivity index (χ3v) is 2.64. The minimum Gasteiger partial charge on any atom is -0.484 e. The van der Waals surface area contributed by atoms with Crippen LogP contribution >= 0.6 is 0 Å². The summed E-state index contributed by atoms with van der Waals surface area (Å²) in [6.07, 6.45) is 1.10. The molecule has 2 heterocycles. The lowest BCUT2D eigenvalue weighted by Crippen LogP contribution is -1.95. The van der Waals surface area contributed by atoms with Gasteiger partial charge in [0, 0.05) is 6.07 Å². The van der Waals surface area contributed by atoms with Gasteiger partial charge >= 0.3 is 0 Å². The molecule has 0 bridgehead atoms. The van der Waals surface area contributed by atoms with E-state index in [1.54, 1.807) is 0 Å². The van der Waals surface area contributed by atoms with E-state index in [4.69, 9.17) is 9.15 Å². The van der Waals surface area contributed by atoms with E-state index in [1.807, 2.05) is 31.2 Å². The molecule has 0 atom stereocenters. The third-order valence-electron chi connectivity index (χ3n) is 2.64. The van der Waals surface area contributed by atoms with Crippen molar-refractivity contribution >= 4 is 11.2 Å². The summed E-state index contributed by atoms with van der Waals surface area (Å²) in [6.45, 7) is 2.19. The molecule has 1 aromatic carbocycles. The fraction of sp³-hybridized carbons (Fsp3) is 0.143. The molecule has 0 aliphatic rings. The van der Waals surface area contributed by atoms with Gasteiger partial charge in [-0.25, -0.2) is 14.4 Å². The largest absolute Gasteiger partial charge is 0.484 e. The van der Waals surface area contributed by atoms with Crippen LogP contribution in [0.25, 0.3) is 11.2 Å².